The van der Waals surface area contributed by atoms with Gasteiger partial charge >= 0.3 is 5.97 Å². The Bertz CT molecular complexity index is 527. The summed E-state index contributed by atoms with van der Waals surface area (Å²) in [5.74, 6) is 1.27. The van der Waals surface area contributed by atoms with E-state index in [1.165, 1.54) is 19.3 Å². The van der Waals surface area contributed by atoms with Crippen LogP contribution in [0.25, 0.3) is 0 Å². The lowest BCUT2D eigenvalue weighted by molar-refractivity contribution is -0.144. The zero-order chi connectivity index (χ0) is 14.9. The number of methoxy groups -OCH3 is 1. The molecule has 0 amide bonds. The zero-order valence-electron chi connectivity index (χ0n) is 12.5. The third-order valence-corrected chi connectivity index (χ3v) is 4.97. The molecule has 0 bridgehead atoms. The van der Waals surface area contributed by atoms with E-state index in [2.05, 4.69) is 5.32 Å². The van der Waals surface area contributed by atoms with Gasteiger partial charge in [-0.1, -0.05) is 18.6 Å². The molecule has 0 saturated heterocycles. The Kier molecular flexibility index (Phi) is 3.79. The van der Waals surface area contributed by atoms with Crippen molar-refractivity contribution in [2.24, 2.45) is 11.8 Å². The zero-order valence-corrected chi connectivity index (χ0v) is 12.5. The summed E-state index contributed by atoms with van der Waals surface area (Å²) in [5.41, 5.74) is -0.0704. The number of benzene rings is 1. The highest BCUT2D eigenvalue weighted by Crippen LogP contribution is 2.47. The van der Waals surface area contributed by atoms with Gasteiger partial charge in [0.25, 0.3) is 0 Å². The molecule has 114 valence electrons. The van der Waals surface area contributed by atoms with Crippen LogP contribution in [0.4, 0.5) is 5.69 Å². The first kappa shape index (κ1) is 14.2. The summed E-state index contributed by atoms with van der Waals surface area (Å²) in [5, 5.41) is 13.1. The number of para-hydroxylation sites is 2. The second-order valence-electron chi connectivity index (χ2n) is 6.41. The van der Waals surface area contributed by atoms with Crippen LogP contribution < -0.4 is 10.1 Å². The second-order valence-corrected chi connectivity index (χ2v) is 6.41. The lowest BCUT2D eigenvalue weighted by Crippen LogP contribution is -2.50. The van der Waals surface area contributed by atoms with Crippen LogP contribution in [0.1, 0.15) is 38.5 Å². The summed E-state index contributed by atoms with van der Waals surface area (Å²) in [6, 6.07) is 7.55. The van der Waals surface area contributed by atoms with Crippen molar-refractivity contribution in [2.75, 3.05) is 12.4 Å². The van der Waals surface area contributed by atoms with Crippen LogP contribution in [-0.4, -0.2) is 23.7 Å². The van der Waals surface area contributed by atoms with Gasteiger partial charge in [0.05, 0.1) is 12.8 Å². The maximum Gasteiger partial charge on any atom is 0.329 e. The van der Waals surface area contributed by atoms with Crippen LogP contribution in [-0.2, 0) is 4.79 Å². The predicted molar refractivity (Wildman–Crippen MR) is 81.7 cm³/mol. The van der Waals surface area contributed by atoms with E-state index in [1.54, 1.807) is 7.11 Å². The molecule has 2 atom stereocenters. The third kappa shape index (κ3) is 2.85. The largest absolute Gasteiger partial charge is 0.495 e. The fourth-order valence-corrected chi connectivity index (χ4v) is 3.65. The Labute approximate surface area is 125 Å². The normalized spacial score (nSPS) is 28.9. The van der Waals surface area contributed by atoms with Crippen molar-refractivity contribution >= 4 is 11.7 Å². The number of nitrogens with one attached hydrogen (secondary N) is 1. The van der Waals surface area contributed by atoms with Crippen LogP contribution in [0, 0.1) is 11.8 Å². The highest BCUT2D eigenvalue weighted by atomic mass is 16.5. The lowest BCUT2D eigenvalue weighted by Gasteiger charge is -2.39. The summed E-state index contributed by atoms with van der Waals surface area (Å²) in [6.07, 6.45) is 6.11. The van der Waals surface area contributed by atoms with Crippen LogP contribution in [0.15, 0.2) is 24.3 Å². The molecule has 2 unspecified atom stereocenters. The molecule has 0 heterocycles. The summed E-state index contributed by atoms with van der Waals surface area (Å²) >= 11 is 0. The van der Waals surface area contributed by atoms with Gasteiger partial charge in [-0.15, -0.1) is 0 Å². The molecule has 1 aromatic carbocycles. The molecule has 4 nitrogen and oxygen atoms in total. The summed E-state index contributed by atoms with van der Waals surface area (Å²) in [7, 11) is 1.61. The van der Waals surface area contributed by atoms with E-state index in [9.17, 15) is 9.90 Å². The van der Waals surface area contributed by atoms with E-state index in [4.69, 9.17) is 4.74 Å². The molecule has 0 aliphatic heterocycles. The molecule has 2 fully saturated rings. The van der Waals surface area contributed by atoms with Crippen molar-refractivity contribution in [1.82, 2.24) is 0 Å². The summed E-state index contributed by atoms with van der Waals surface area (Å²) in [4.78, 5) is 12.0. The number of hydrogen-bond acceptors (Lipinski definition) is 3. The Morgan fingerprint density at radius 1 is 1.29 bits per heavy atom. The first-order valence-electron chi connectivity index (χ1n) is 7.79. The highest BCUT2D eigenvalue weighted by molar-refractivity contribution is 5.83. The quantitative estimate of drug-likeness (QED) is 0.870. The number of carboxylic acids is 1. The molecule has 0 aromatic heterocycles. The summed E-state index contributed by atoms with van der Waals surface area (Å²) in [6.45, 7) is 0. The SMILES string of the molecule is COc1ccccc1NC1(C(=O)O)CCCC(C2CC2)C1. The van der Waals surface area contributed by atoms with Gasteiger partial charge < -0.3 is 15.2 Å². The third-order valence-electron chi connectivity index (χ3n) is 4.97. The minimum Gasteiger partial charge on any atom is -0.495 e. The van der Waals surface area contributed by atoms with Gasteiger partial charge in [-0.2, -0.15) is 0 Å². The minimum absolute atomic E-state index is 0.553. The average Bonchev–Trinajstić information content (AvgIpc) is 3.32. The monoisotopic (exact) mass is 289 g/mol. The molecule has 0 radical (unpaired) electrons. The van der Waals surface area contributed by atoms with Crippen molar-refractivity contribution in [3.63, 3.8) is 0 Å². The van der Waals surface area contributed by atoms with Crippen LogP contribution >= 0.6 is 0 Å². The molecular weight excluding hydrogens is 266 g/mol. The number of hydrogen-bond donors (Lipinski definition) is 2. The van der Waals surface area contributed by atoms with Crippen molar-refractivity contribution in [3.05, 3.63) is 24.3 Å². The molecule has 1 aromatic rings. The van der Waals surface area contributed by atoms with Gasteiger partial charge in [0.1, 0.15) is 11.3 Å². The Morgan fingerprint density at radius 2 is 2.05 bits per heavy atom. The summed E-state index contributed by atoms with van der Waals surface area (Å²) < 4.78 is 5.34. The molecule has 2 saturated carbocycles. The van der Waals surface area contributed by atoms with E-state index in [0.717, 1.165) is 24.4 Å². The topological polar surface area (TPSA) is 58.6 Å². The number of rotatable bonds is 5. The van der Waals surface area contributed by atoms with E-state index < -0.39 is 11.5 Å². The van der Waals surface area contributed by atoms with E-state index >= 15 is 0 Å². The van der Waals surface area contributed by atoms with Crippen molar-refractivity contribution in [1.29, 1.82) is 0 Å². The molecule has 2 aliphatic rings. The highest BCUT2D eigenvalue weighted by Gasteiger charge is 2.47. The molecule has 0 spiro atoms. The molecular formula is C17H23NO3. The van der Waals surface area contributed by atoms with Crippen LogP contribution in [0.2, 0.25) is 0 Å². The molecule has 4 heteroatoms. The Hall–Kier alpha value is -1.71. The lowest BCUT2D eigenvalue weighted by atomic mass is 9.73. The predicted octanol–water partition coefficient (Wildman–Crippen LogP) is 3.53. The van der Waals surface area contributed by atoms with Gasteiger partial charge in [-0.05, 0) is 56.1 Å². The Balaban J connectivity index is 1.85. The smallest absolute Gasteiger partial charge is 0.329 e. The van der Waals surface area contributed by atoms with Gasteiger partial charge in [-0.25, -0.2) is 4.79 Å². The van der Waals surface area contributed by atoms with Crippen LogP contribution in [0.5, 0.6) is 5.75 Å². The first-order chi connectivity index (χ1) is 10.1. The van der Waals surface area contributed by atoms with Crippen molar-refractivity contribution in [2.45, 2.75) is 44.1 Å². The number of aliphatic carboxylic acids is 1. The minimum atomic E-state index is -0.847. The van der Waals surface area contributed by atoms with Crippen LogP contribution in [0.3, 0.4) is 0 Å². The standard InChI is InChI=1S/C17H23NO3/c1-21-15-7-3-2-6-14(15)18-17(16(19)20)10-4-5-13(11-17)12-8-9-12/h2-3,6-7,12-13,18H,4-5,8-11H2,1H3,(H,19,20). The number of anilines is 1. The molecule has 3 rings (SSSR count). The number of carbonyl (C=O) groups is 1. The van der Waals surface area contributed by atoms with Crippen molar-refractivity contribution < 1.29 is 14.6 Å². The molecule has 2 aliphatic carbocycles. The fourth-order valence-electron chi connectivity index (χ4n) is 3.65. The molecule has 21 heavy (non-hydrogen) atoms. The average molecular weight is 289 g/mol. The maximum absolute atomic E-state index is 12.0. The molecule has 2 N–H and O–H groups in total. The van der Waals surface area contributed by atoms with E-state index in [1.807, 2.05) is 24.3 Å². The van der Waals surface area contributed by atoms with Gasteiger partial charge in [0.2, 0.25) is 0 Å². The second kappa shape index (κ2) is 5.58. The first-order valence-corrected chi connectivity index (χ1v) is 7.79. The van der Waals surface area contributed by atoms with E-state index in [0.29, 0.717) is 18.1 Å². The maximum atomic E-state index is 12.0. The van der Waals surface area contributed by atoms with Gasteiger partial charge in [0.15, 0.2) is 0 Å². The number of carboxylic acid groups (broad SMARTS) is 1. The van der Waals surface area contributed by atoms with E-state index in [-0.39, 0.29) is 0 Å². The number of ether oxygens (including phenoxy) is 1. The fraction of sp³-hybridized carbons (Fsp3) is 0.588. The van der Waals surface area contributed by atoms with Gasteiger partial charge in [0, 0.05) is 0 Å². The Morgan fingerprint density at radius 3 is 2.71 bits per heavy atom. The van der Waals surface area contributed by atoms with Gasteiger partial charge in [-0.3, -0.25) is 0 Å². The van der Waals surface area contributed by atoms with Crippen molar-refractivity contribution in [3.8, 4) is 5.75 Å².